The van der Waals surface area contributed by atoms with Crippen LogP contribution in [0.25, 0.3) is 0 Å². The quantitative estimate of drug-likeness (QED) is 0.817. The van der Waals surface area contributed by atoms with Crippen molar-refractivity contribution in [3.05, 3.63) is 18.2 Å². The third-order valence-corrected chi connectivity index (χ3v) is 4.25. The van der Waals surface area contributed by atoms with Crippen LogP contribution in [-0.4, -0.2) is 40.1 Å². The monoisotopic (exact) mass is 262 g/mol. The van der Waals surface area contributed by atoms with Crippen molar-refractivity contribution >= 4 is 0 Å². The lowest BCUT2D eigenvalue weighted by Crippen LogP contribution is -2.38. The van der Waals surface area contributed by atoms with E-state index in [1.165, 1.54) is 57.4 Å². The van der Waals surface area contributed by atoms with Gasteiger partial charge in [-0.2, -0.15) is 0 Å². The number of hydrogen-bond acceptors (Lipinski definition) is 3. The van der Waals surface area contributed by atoms with Crippen molar-refractivity contribution in [2.75, 3.05) is 19.6 Å². The lowest BCUT2D eigenvalue weighted by atomic mass is 10.2. The molecule has 0 amide bonds. The Hall–Kier alpha value is -0.870. The van der Waals surface area contributed by atoms with E-state index in [0.29, 0.717) is 6.04 Å². The van der Waals surface area contributed by atoms with Gasteiger partial charge < -0.3 is 9.88 Å². The second-order valence-corrected chi connectivity index (χ2v) is 6.05. The summed E-state index contributed by atoms with van der Waals surface area (Å²) < 4.78 is 2.39. The summed E-state index contributed by atoms with van der Waals surface area (Å²) in [7, 11) is 0. The second kappa shape index (κ2) is 6.06. The number of rotatable bonds is 7. The van der Waals surface area contributed by atoms with E-state index in [2.05, 4.69) is 32.9 Å². The van der Waals surface area contributed by atoms with Crippen molar-refractivity contribution in [1.29, 1.82) is 0 Å². The Labute approximate surface area is 116 Å². The molecule has 4 heteroatoms. The number of nitrogens with zero attached hydrogens (tertiary/aromatic N) is 3. The van der Waals surface area contributed by atoms with E-state index in [0.717, 1.165) is 12.6 Å². The van der Waals surface area contributed by atoms with Gasteiger partial charge in [-0.05, 0) is 45.2 Å². The van der Waals surface area contributed by atoms with Crippen LogP contribution in [0.3, 0.4) is 0 Å². The fourth-order valence-electron chi connectivity index (χ4n) is 3.14. The Balaban J connectivity index is 1.60. The van der Waals surface area contributed by atoms with Crippen molar-refractivity contribution in [2.45, 2.75) is 57.7 Å². The van der Waals surface area contributed by atoms with Gasteiger partial charge in [0.15, 0.2) is 0 Å². The van der Waals surface area contributed by atoms with Gasteiger partial charge in [0.1, 0.15) is 0 Å². The molecular formula is C15H26N4. The maximum Gasteiger partial charge on any atom is 0.0951 e. The van der Waals surface area contributed by atoms with Crippen LogP contribution in [0.1, 0.15) is 50.8 Å². The lowest BCUT2D eigenvalue weighted by molar-refractivity contribution is 0.236. The molecule has 1 N–H and O–H groups in total. The molecule has 0 bridgehead atoms. The molecule has 1 atom stereocenters. The molecule has 2 heterocycles. The van der Waals surface area contributed by atoms with Crippen LogP contribution in [0.15, 0.2) is 12.5 Å². The predicted molar refractivity (Wildman–Crippen MR) is 77.1 cm³/mol. The minimum Gasteiger partial charge on any atom is -0.330 e. The van der Waals surface area contributed by atoms with Crippen LogP contribution < -0.4 is 5.32 Å². The average molecular weight is 262 g/mol. The van der Waals surface area contributed by atoms with Crippen LogP contribution >= 0.6 is 0 Å². The first-order chi connectivity index (χ1) is 9.36. The van der Waals surface area contributed by atoms with Crippen molar-refractivity contribution in [2.24, 2.45) is 0 Å². The van der Waals surface area contributed by atoms with Gasteiger partial charge in [0, 0.05) is 31.4 Å². The molecule has 19 heavy (non-hydrogen) atoms. The summed E-state index contributed by atoms with van der Waals surface area (Å²) in [5.41, 5.74) is 1.40. The summed E-state index contributed by atoms with van der Waals surface area (Å²) in [5.74, 6) is 0. The van der Waals surface area contributed by atoms with Gasteiger partial charge in [-0.25, -0.2) is 4.98 Å². The van der Waals surface area contributed by atoms with Crippen LogP contribution in [0.4, 0.5) is 0 Å². The summed E-state index contributed by atoms with van der Waals surface area (Å²) in [6, 6.07) is 1.44. The summed E-state index contributed by atoms with van der Waals surface area (Å²) >= 11 is 0. The maximum absolute atomic E-state index is 4.35. The highest BCUT2D eigenvalue weighted by Gasteiger charge is 2.26. The fraction of sp³-hybridized carbons (Fsp3) is 0.800. The van der Waals surface area contributed by atoms with Gasteiger partial charge >= 0.3 is 0 Å². The molecule has 0 spiro atoms. The van der Waals surface area contributed by atoms with Crippen LogP contribution in [0.5, 0.6) is 0 Å². The number of imidazole rings is 1. The van der Waals surface area contributed by atoms with E-state index in [9.17, 15) is 0 Å². The van der Waals surface area contributed by atoms with Crippen molar-refractivity contribution in [1.82, 2.24) is 19.8 Å². The average Bonchev–Trinajstić information content (AvgIpc) is 2.93. The van der Waals surface area contributed by atoms with E-state index in [1.807, 2.05) is 6.33 Å². The van der Waals surface area contributed by atoms with Gasteiger partial charge in [0.25, 0.3) is 0 Å². The zero-order valence-electron chi connectivity index (χ0n) is 12.0. The molecule has 2 aliphatic rings. The minimum atomic E-state index is 0.698. The molecule has 1 saturated carbocycles. The first-order valence-electron chi connectivity index (χ1n) is 7.83. The Morgan fingerprint density at radius 3 is 3.00 bits per heavy atom. The topological polar surface area (TPSA) is 33.1 Å². The SMILES string of the molecule is CCCN(Cc1cncn1C1CC1)CC1CCCN1. The molecule has 1 aliphatic heterocycles. The smallest absolute Gasteiger partial charge is 0.0951 e. The lowest BCUT2D eigenvalue weighted by Gasteiger charge is -2.25. The molecule has 106 valence electrons. The minimum absolute atomic E-state index is 0.698. The number of nitrogens with one attached hydrogen (secondary N) is 1. The molecule has 3 rings (SSSR count). The van der Waals surface area contributed by atoms with Gasteiger partial charge in [0.05, 0.1) is 12.0 Å². The molecule has 2 fully saturated rings. The highest BCUT2D eigenvalue weighted by molar-refractivity contribution is 5.03. The van der Waals surface area contributed by atoms with Gasteiger partial charge in [-0.15, -0.1) is 0 Å². The first kappa shape index (κ1) is 13.1. The van der Waals surface area contributed by atoms with Crippen LogP contribution in [0, 0.1) is 0 Å². The first-order valence-corrected chi connectivity index (χ1v) is 7.83. The molecule has 1 aromatic rings. The Morgan fingerprint density at radius 1 is 1.42 bits per heavy atom. The fourth-order valence-corrected chi connectivity index (χ4v) is 3.14. The van der Waals surface area contributed by atoms with Crippen molar-refractivity contribution in [3.63, 3.8) is 0 Å². The van der Waals surface area contributed by atoms with E-state index in [4.69, 9.17) is 0 Å². The molecule has 1 aliphatic carbocycles. The van der Waals surface area contributed by atoms with Crippen molar-refractivity contribution in [3.8, 4) is 0 Å². The summed E-state index contributed by atoms with van der Waals surface area (Å²) in [4.78, 5) is 6.95. The Kier molecular flexibility index (Phi) is 4.18. The number of aromatic nitrogens is 2. The number of hydrogen-bond donors (Lipinski definition) is 1. The second-order valence-electron chi connectivity index (χ2n) is 6.05. The van der Waals surface area contributed by atoms with E-state index in [1.54, 1.807) is 0 Å². The van der Waals surface area contributed by atoms with E-state index < -0.39 is 0 Å². The normalized spacial score (nSPS) is 23.4. The highest BCUT2D eigenvalue weighted by atomic mass is 15.2. The largest absolute Gasteiger partial charge is 0.330 e. The highest BCUT2D eigenvalue weighted by Crippen LogP contribution is 2.35. The molecule has 4 nitrogen and oxygen atoms in total. The Morgan fingerprint density at radius 2 is 2.32 bits per heavy atom. The third-order valence-electron chi connectivity index (χ3n) is 4.25. The molecule has 0 radical (unpaired) electrons. The van der Waals surface area contributed by atoms with Crippen LogP contribution in [0.2, 0.25) is 0 Å². The van der Waals surface area contributed by atoms with E-state index >= 15 is 0 Å². The standard InChI is InChI=1S/C15H26N4/c1-2-8-18(10-13-4-3-7-17-13)11-15-9-16-12-19(15)14-5-6-14/h9,12-14,17H,2-8,10-11H2,1H3. The van der Waals surface area contributed by atoms with Gasteiger partial charge in [0.2, 0.25) is 0 Å². The zero-order chi connectivity index (χ0) is 13.1. The third kappa shape index (κ3) is 3.37. The summed E-state index contributed by atoms with van der Waals surface area (Å²) in [6.45, 7) is 6.90. The van der Waals surface area contributed by atoms with Gasteiger partial charge in [-0.3, -0.25) is 4.90 Å². The van der Waals surface area contributed by atoms with Crippen molar-refractivity contribution < 1.29 is 0 Å². The van der Waals surface area contributed by atoms with E-state index in [-0.39, 0.29) is 0 Å². The molecular weight excluding hydrogens is 236 g/mol. The predicted octanol–water partition coefficient (Wildman–Crippen LogP) is 2.18. The maximum atomic E-state index is 4.35. The Bertz CT molecular complexity index is 391. The summed E-state index contributed by atoms with van der Waals surface area (Å²) in [6.07, 6.45) is 10.6. The van der Waals surface area contributed by atoms with Crippen LogP contribution in [-0.2, 0) is 6.54 Å². The summed E-state index contributed by atoms with van der Waals surface area (Å²) in [5, 5.41) is 3.61. The molecule has 1 unspecified atom stereocenters. The molecule has 1 aromatic heterocycles. The molecule has 1 saturated heterocycles. The zero-order valence-corrected chi connectivity index (χ0v) is 12.0. The van der Waals surface area contributed by atoms with Gasteiger partial charge in [-0.1, -0.05) is 6.92 Å². The molecule has 0 aromatic carbocycles.